The zero-order valence-electron chi connectivity index (χ0n) is 36.4. The Labute approximate surface area is 368 Å². The molecule has 3 saturated heterocycles. The molecular weight excluding hydrogens is 796 g/mol. The number of piperidine rings is 3. The van der Waals surface area contributed by atoms with E-state index in [9.17, 15) is 19.5 Å². The van der Waals surface area contributed by atoms with Crippen molar-refractivity contribution in [3.8, 4) is 17.2 Å². The van der Waals surface area contributed by atoms with Crippen LogP contribution >= 0.6 is 0 Å². The summed E-state index contributed by atoms with van der Waals surface area (Å²) in [5, 5.41) is 12.7. The van der Waals surface area contributed by atoms with Gasteiger partial charge in [0.25, 0.3) is 5.91 Å². The molecule has 2 aliphatic carbocycles. The number of methoxy groups -OCH3 is 1. The summed E-state index contributed by atoms with van der Waals surface area (Å²) in [6.45, 7) is 7.78. The van der Waals surface area contributed by atoms with Gasteiger partial charge in [0, 0.05) is 66.7 Å². The first kappa shape index (κ1) is 40.4. The molecule has 4 aromatic carbocycles. The number of nitrogens with zero attached hydrogens (tertiary/aromatic N) is 3. The first-order valence-electron chi connectivity index (χ1n) is 23.2. The fourth-order valence-electron chi connectivity index (χ4n) is 13.1. The van der Waals surface area contributed by atoms with Gasteiger partial charge in [0.05, 0.1) is 25.0 Å². The number of fused-ring (bicyclic) bond motifs is 4. The average Bonchev–Trinajstić information content (AvgIpc) is 3.80. The van der Waals surface area contributed by atoms with E-state index in [1.807, 2.05) is 31.2 Å². The lowest BCUT2D eigenvalue weighted by molar-refractivity contribution is -0.136. The summed E-state index contributed by atoms with van der Waals surface area (Å²) in [6.07, 6.45) is 8.93. The molecule has 5 aliphatic heterocycles. The molecule has 11 heteroatoms. The van der Waals surface area contributed by atoms with Gasteiger partial charge in [-0.15, -0.1) is 0 Å². The lowest BCUT2D eigenvalue weighted by Gasteiger charge is -2.54. The molecule has 328 valence electrons. The molecule has 4 fully saturated rings. The van der Waals surface area contributed by atoms with Gasteiger partial charge in [0.2, 0.25) is 11.8 Å². The number of carbonyl (C=O) groups excluding carboxylic acids is 3. The van der Waals surface area contributed by atoms with Gasteiger partial charge in [-0.3, -0.25) is 19.7 Å². The van der Waals surface area contributed by atoms with Crippen molar-refractivity contribution in [1.82, 2.24) is 15.1 Å². The molecule has 11 rings (SSSR count). The van der Waals surface area contributed by atoms with Gasteiger partial charge in [-0.2, -0.15) is 0 Å². The highest BCUT2D eigenvalue weighted by Crippen LogP contribution is 2.56. The minimum atomic E-state index is -0.629. The Hall–Kier alpha value is -5.42. The van der Waals surface area contributed by atoms with E-state index in [0.717, 1.165) is 105 Å². The van der Waals surface area contributed by atoms with E-state index < -0.39 is 6.04 Å². The molecule has 4 aromatic rings. The second-order valence-electron chi connectivity index (χ2n) is 19.9. The van der Waals surface area contributed by atoms with Crippen LogP contribution in [0.15, 0.2) is 66.7 Å². The molecule has 7 aliphatic rings. The lowest BCUT2D eigenvalue weighted by atomic mass is 9.57. The van der Waals surface area contributed by atoms with Crippen LogP contribution in [0.5, 0.6) is 17.2 Å². The molecule has 2 N–H and O–H groups in total. The highest BCUT2D eigenvalue weighted by atomic mass is 19.1. The third kappa shape index (κ3) is 6.79. The Balaban J connectivity index is 0.719. The summed E-state index contributed by atoms with van der Waals surface area (Å²) in [4.78, 5) is 44.6. The number of halogens is 1. The van der Waals surface area contributed by atoms with Gasteiger partial charge < -0.3 is 29.3 Å². The van der Waals surface area contributed by atoms with Crippen LogP contribution in [0.25, 0.3) is 0 Å². The standard InChI is InChI=1S/C52H57FN4O6/c1-31-46-35(29-57(50(46)61)42-12-13-45(59)54-49(42)60)23-40-48(31)63-30-52(40)16-18-55(19-17-52)28-32-26-51(27-32)14-20-56(21-15-51)43-25-44(62-2)39(24-41(43)53)47-37(33-6-4-3-5-7-33)10-8-34-22-36(58)9-11-38(34)47/h3-7,9,11,22-25,32,37,42,47,58H,8,10,12-21,26-30H2,1-2H3,(H,54,59,60)/t37-,42+,47+/m1/s1. The van der Waals surface area contributed by atoms with Crippen molar-refractivity contribution in [3.63, 3.8) is 0 Å². The summed E-state index contributed by atoms with van der Waals surface area (Å²) in [5.41, 5.74) is 8.90. The summed E-state index contributed by atoms with van der Waals surface area (Å²) >= 11 is 0. The third-order valence-electron chi connectivity index (χ3n) is 16.5. The SMILES string of the molecule is COc1cc(N2CCC3(CC2)CC(CN2CCC4(CC2)COc2c4cc4c(c2C)C(=O)N([C@H]2CCC(=O)NC2=O)C4)C3)c(F)cc1[C@@H]1c2ccc(O)cc2CC[C@@H]1c1ccccc1. The van der Waals surface area contributed by atoms with E-state index in [2.05, 4.69) is 45.4 Å². The highest BCUT2D eigenvalue weighted by Gasteiger charge is 2.50. The van der Waals surface area contributed by atoms with Crippen molar-refractivity contribution in [2.24, 2.45) is 11.3 Å². The van der Waals surface area contributed by atoms with E-state index in [0.29, 0.717) is 47.9 Å². The maximum absolute atomic E-state index is 16.5. The molecule has 5 heterocycles. The van der Waals surface area contributed by atoms with Crippen LogP contribution in [-0.4, -0.2) is 85.1 Å². The van der Waals surface area contributed by atoms with Gasteiger partial charge in [-0.25, -0.2) is 4.39 Å². The number of phenols is 1. The fraction of sp³-hybridized carbons (Fsp3) is 0.481. The Morgan fingerprint density at radius 1 is 0.889 bits per heavy atom. The molecule has 0 unspecified atom stereocenters. The van der Waals surface area contributed by atoms with Gasteiger partial charge >= 0.3 is 0 Å². The molecule has 0 bridgehead atoms. The van der Waals surface area contributed by atoms with Gasteiger partial charge in [0.1, 0.15) is 29.1 Å². The number of hydrogen-bond donors (Lipinski definition) is 2. The zero-order valence-corrected chi connectivity index (χ0v) is 36.4. The number of aromatic hydroxyl groups is 1. The van der Waals surface area contributed by atoms with E-state index in [4.69, 9.17) is 9.47 Å². The number of hydrogen-bond acceptors (Lipinski definition) is 8. The molecule has 10 nitrogen and oxygen atoms in total. The van der Waals surface area contributed by atoms with Crippen molar-refractivity contribution >= 4 is 23.4 Å². The van der Waals surface area contributed by atoms with Gasteiger partial charge in [-0.05, 0) is 142 Å². The first-order valence-corrected chi connectivity index (χ1v) is 23.2. The Kier molecular flexibility index (Phi) is 9.86. The van der Waals surface area contributed by atoms with Crippen molar-refractivity contribution in [2.75, 3.05) is 51.3 Å². The minimum absolute atomic E-state index is 0.0744. The van der Waals surface area contributed by atoms with Crippen LogP contribution < -0.4 is 19.7 Å². The molecule has 3 atom stereocenters. The Morgan fingerprint density at radius 2 is 1.67 bits per heavy atom. The fourth-order valence-corrected chi connectivity index (χ4v) is 13.1. The normalized spacial score (nSPS) is 25.1. The van der Waals surface area contributed by atoms with Gasteiger partial charge in [-0.1, -0.05) is 36.4 Å². The summed E-state index contributed by atoms with van der Waals surface area (Å²) in [7, 11) is 1.69. The van der Waals surface area contributed by atoms with Crippen LogP contribution in [0.4, 0.5) is 10.1 Å². The maximum Gasteiger partial charge on any atom is 0.255 e. The molecule has 0 aromatic heterocycles. The van der Waals surface area contributed by atoms with Crippen LogP contribution in [-0.2, 0) is 28.0 Å². The maximum atomic E-state index is 16.5. The lowest BCUT2D eigenvalue weighted by Crippen LogP contribution is -2.52. The number of imide groups is 1. The van der Waals surface area contributed by atoms with Crippen molar-refractivity contribution < 1.29 is 33.4 Å². The topological polar surface area (TPSA) is 112 Å². The van der Waals surface area contributed by atoms with Crippen molar-refractivity contribution in [3.05, 3.63) is 117 Å². The number of ether oxygens (including phenoxy) is 2. The Morgan fingerprint density at radius 3 is 2.41 bits per heavy atom. The largest absolute Gasteiger partial charge is 0.508 e. The molecule has 2 spiro atoms. The molecule has 0 radical (unpaired) electrons. The average molecular weight is 853 g/mol. The number of amides is 3. The van der Waals surface area contributed by atoms with E-state index in [1.54, 1.807) is 24.1 Å². The number of rotatable bonds is 7. The second kappa shape index (κ2) is 15.4. The highest BCUT2D eigenvalue weighted by molar-refractivity contribution is 6.06. The van der Waals surface area contributed by atoms with E-state index in [1.165, 1.54) is 24.0 Å². The van der Waals surface area contributed by atoms with E-state index >= 15 is 4.39 Å². The number of benzene rings is 4. The summed E-state index contributed by atoms with van der Waals surface area (Å²) < 4.78 is 29.0. The number of carbonyl (C=O) groups is 3. The number of phenolic OH excluding ortho intramolecular Hbond substituents is 1. The number of nitrogens with one attached hydrogen (secondary N) is 1. The monoisotopic (exact) mass is 852 g/mol. The smallest absolute Gasteiger partial charge is 0.255 e. The van der Waals surface area contributed by atoms with Crippen molar-refractivity contribution in [1.29, 1.82) is 0 Å². The Bertz CT molecular complexity index is 2500. The second-order valence-corrected chi connectivity index (χ2v) is 19.9. The predicted molar refractivity (Wildman–Crippen MR) is 237 cm³/mol. The molecule has 63 heavy (non-hydrogen) atoms. The molecule has 1 saturated carbocycles. The van der Waals surface area contributed by atoms with Crippen LogP contribution in [0.2, 0.25) is 0 Å². The summed E-state index contributed by atoms with van der Waals surface area (Å²) in [5.74, 6) is 1.52. The first-order chi connectivity index (χ1) is 30.5. The number of aryl methyl sites for hydroxylation is 1. The molecular formula is C52H57FN4O6. The van der Waals surface area contributed by atoms with Crippen LogP contribution in [0.3, 0.4) is 0 Å². The predicted octanol–water partition coefficient (Wildman–Crippen LogP) is 7.89. The van der Waals surface area contributed by atoms with Crippen LogP contribution in [0, 0.1) is 24.1 Å². The van der Waals surface area contributed by atoms with Gasteiger partial charge in [0.15, 0.2) is 0 Å². The van der Waals surface area contributed by atoms with Crippen molar-refractivity contribution in [2.45, 2.75) is 101 Å². The van der Waals surface area contributed by atoms with Crippen LogP contribution in [0.1, 0.15) is 119 Å². The number of likely N-dealkylation sites (tertiary alicyclic amines) is 1. The summed E-state index contributed by atoms with van der Waals surface area (Å²) in [6, 6.07) is 21.3. The quantitative estimate of drug-likeness (QED) is 0.181. The number of anilines is 1. The van der Waals surface area contributed by atoms with E-state index in [-0.39, 0.29) is 53.0 Å². The third-order valence-corrected chi connectivity index (χ3v) is 16.5. The minimum Gasteiger partial charge on any atom is -0.508 e. The molecule has 3 amide bonds. The zero-order chi connectivity index (χ0) is 43.2.